The van der Waals surface area contributed by atoms with Crippen LogP contribution in [0.3, 0.4) is 0 Å². The maximum atomic E-state index is 12.9. The topological polar surface area (TPSA) is 82.7 Å². The van der Waals surface area contributed by atoms with Crippen LogP contribution >= 0.6 is 0 Å². The fourth-order valence-corrected chi connectivity index (χ4v) is 3.19. The predicted octanol–water partition coefficient (Wildman–Crippen LogP) is 1.86. The second-order valence-electron chi connectivity index (χ2n) is 6.50. The second-order valence-corrected chi connectivity index (χ2v) is 6.50. The molecule has 2 atom stereocenters. The molecule has 3 N–H and O–H groups in total. The number of nitrogens with two attached hydrogens (primary N) is 1. The number of aliphatic hydroxyl groups excluding tert-OH is 1. The number of nitrogens with zero attached hydrogens (tertiary/aromatic N) is 3. The molecule has 0 radical (unpaired) electrons. The molecule has 1 aliphatic heterocycles. The molecule has 1 fully saturated rings. The molecule has 1 saturated heterocycles. The van der Waals surface area contributed by atoms with Crippen molar-refractivity contribution in [2.45, 2.75) is 57.6 Å². The van der Waals surface area contributed by atoms with E-state index < -0.39 is 12.1 Å². The number of aromatic nitrogens is 1. The molecule has 134 valence electrons. The number of hydrogen-bond acceptors (Lipinski definition) is 5. The molecule has 6 nitrogen and oxygen atoms in total. The molecule has 0 aromatic carbocycles. The molecule has 1 amide bonds. The zero-order chi connectivity index (χ0) is 17.4. The summed E-state index contributed by atoms with van der Waals surface area (Å²) in [6.07, 6.45) is 8.66. The van der Waals surface area contributed by atoms with Gasteiger partial charge in [0.1, 0.15) is 12.1 Å². The minimum atomic E-state index is -0.947. The average Bonchev–Trinajstić information content (AvgIpc) is 3.14. The van der Waals surface area contributed by atoms with Crippen molar-refractivity contribution in [2.24, 2.45) is 5.84 Å². The van der Waals surface area contributed by atoms with Gasteiger partial charge in [0.25, 0.3) is 0 Å². The second kappa shape index (κ2) is 9.71. The maximum absolute atomic E-state index is 12.9. The Labute approximate surface area is 144 Å². The van der Waals surface area contributed by atoms with Gasteiger partial charge in [0.2, 0.25) is 5.91 Å². The lowest BCUT2D eigenvalue weighted by atomic mass is 10.0. The molecule has 2 rings (SSSR count). The van der Waals surface area contributed by atoms with Crippen LogP contribution in [-0.4, -0.2) is 51.6 Å². The van der Waals surface area contributed by atoms with E-state index in [1.54, 1.807) is 24.5 Å². The van der Waals surface area contributed by atoms with E-state index in [-0.39, 0.29) is 5.91 Å². The zero-order valence-corrected chi connectivity index (χ0v) is 14.6. The normalized spacial score (nSPS) is 17.2. The molecule has 1 aliphatic rings. The highest BCUT2D eigenvalue weighted by molar-refractivity contribution is 5.83. The van der Waals surface area contributed by atoms with Crippen molar-refractivity contribution in [2.75, 3.05) is 19.6 Å². The minimum Gasteiger partial charge on any atom is -0.386 e. The molecule has 1 aromatic rings. The van der Waals surface area contributed by atoms with Crippen molar-refractivity contribution >= 4 is 5.91 Å². The average molecular weight is 334 g/mol. The highest BCUT2D eigenvalue weighted by Crippen LogP contribution is 2.23. The summed E-state index contributed by atoms with van der Waals surface area (Å²) in [4.78, 5) is 18.7. The number of pyridine rings is 1. The van der Waals surface area contributed by atoms with Gasteiger partial charge in [0.15, 0.2) is 0 Å². The van der Waals surface area contributed by atoms with Crippen molar-refractivity contribution in [1.29, 1.82) is 0 Å². The van der Waals surface area contributed by atoms with Crippen molar-refractivity contribution in [1.82, 2.24) is 14.9 Å². The van der Waals surface area contributed by atoms with Crippen LogP contribution in [0.15, 0.2) is 24.5 Å². The van der Waals surface area contributed by atoms with E-state index in [4.69, 9.17) is 5.84 Å². The number of amides is 1. The number of carbonyl (C=O) groups excluding carboxylic acids is 1. The number of rotatable bonds is 9. The smallest absolute Gasteiger partial charge is 0.244 e. The van der Waals surface area contributed by atoms with Gasteiger partial charge in [-0.15, -0.1) is 0 Å². The van der Waals surface area contributed by atoms with Gasteiger partial charge in [0, 0.05) is 32.0 Å². The molecule has 0 saturated carbocycles. The van der Waals surface area contributed by atoms with E-state index in [1.165, 1.54) is 5.01 Å². The van der Waals surface area contributed by atoms with Crippen LogP contribution in [0.5, 0.6) is 0 Å². The first kappa shape index (κ1) is 18.8. The number of hydrogen-bond donors (Lipinski definition) is 2. The summed E-state index contributed by atoms with van der Waals surface area (Å²) in [6, 6.07) is 2.73. The summed E-state index contributed by atoms with van der Waals surface area (Å²) in [7, 11) is 0. The molecule has 0 bridgehead atoms. The lowest BCUT2D eigenvalue weighted by Crippen LogP contribution is -2.54. The van der Waals surface area contributed by atoms with Crippen LogP contribution in [0.4, 0.5) is 0 Å². The number of carbonyl (C=O) groups is 1. The summed E-state index contributed by atoms with van der Waals surface area (Å²) < 4.78 is 0. The fraction of sp³-hybridized carbons (Fsp3) is 0.667. The summed E-state index contributed by atoms with van der Waals surface area (Å²) in [5.41, 5.74) is 0.673. The van der Waals surface area contributed by atoms with Gasteiger partial charge in [-0.05, 0) is 37.0 Å². The first-order valence-electron chi connectivity index (χ1n) is 9.03. The summed E-state index contributed by atoms with van der Waals surface area (Å²) >= 11 is 0. The largest absolute Gasteiger partial charge is 0.386 e. The molecule has 0 spiro atoms. The van der Waals surface area contributed by atoms with Gasteiger partial charge < -0.3 is 10.0 Å². The van der Waals surface area contributed by atoms with E-state index in [1.807, 2.05) is 4.90 Å². The number of likely N-dealkylation sites (tertiary alicyclic amines) is 1. The van der Waals surface area contributed by atoms with Crippen molar-refractivity contribution < 1.29 is 9.90 Å². The number of aliphatic hydroxyl groups is 1. The monoisotopic (exact) mass is 334 g/mol. The van der Waals surface area contributed by atoms with Crippen molar-refractivity contribution in [3.8, 4) is 0 Å². The van der Waals surface area contributed by atoms with Crippen LogP contribution in [0.1, 0.15) is 57.1 Å². The Hall–Kier alpha value is -1.50. The summed E-state index contributed by atoms with van der Waals surface area (Å²) in [6.45, 7) is 4.27. The first-order valence-corrected chi connectivity index (χ1v) is 9.03. The Kier molecular flexibility index (Phi) is 7.62. The Bertz CT molecular complexity index is 491. The van der Waals surface area contributed by atoms with E-state index in [9.17, 15) is 9.90 Å². The van der Waals surface area contributed by atoms with Crippen LogP contribution in [0.25, 0.3) is 0 Å². The van der Waals surface area contributed by atoms with Crippen LogP contribution in [-0.2, 0) is 4.79 Å². The first-order chi connectivity index (χ1) is 11.6. The van der Waals surface area contributed by atoms with E-state index in [2.05, 4.69) is 11.9 Å². The van der Waals surface area contributed by atoms with Gasteiger partial charge in [-0.1, -0.05) is 26.2 Å². The van der Waals surface area contributed by atoms with Gasteiger partial charge >= 0.3 is 0 Å². The third-order valence-corrected chi connectivity index (χ3v) is 4.64. The number of hydrazine groups is 1. The molecule has 24 heavy (non-hydrogen) atoms. The van der Waals surface area contributed by atoms with Crippen molar-refractivity contribution in [3.05, 3.63) is 30.1 Å². The fourth-order valence-electron chi connectivity index (χ4n) is 3.19. The third-order valence-electron chi connectivity index (χ3n) is 4.64. The third kappa shape index (κ3) is 5.00. The Morgan fingerprint density at radius 1 is 1.29 bits per heavy atom. The van der Waals surface area contributed by atoms with Crippen LogP contribution in [0.2, 0.25) is 0 Å². The standard InChI is InChI=1S/C18H30N4O2/c1-2-3-4-5-14-22(19)16(18(24)21-12-6-7-13-21)17(23)15-8-10-20-11-9-15/h8-11,16-17,23H,2-7,12-14,19H2,1H3/t16-,17+/m1/s1. The molecule has 0 unspecified atom stereocenters. The molecule has 2 heterocycles. The van der Waals surface area contributed by atoms with E-state index in [0.717, 1.165) is 51.6 Å². The van der Waals surface area contributed by atoms with Gasteiger partial charge in [-0.2, -0.15) is 0 Å². The molecular formula is C18H30N4O2. The molecule has 1 aromatic heterocycles. The SMILES string of the molecule is CCCCCCN(N)[C@@H](C(=O)N1CCCC1)[C@@H](O)c1ccncc1. The quantitative estimate of drug-likeness (QED) is 0.409. The van der Waals surface area contributed by atoms with E-state index >= 15 is 0 Å². The Balaban J connectivity index is 2.09. The van der Waals surface area contributed by atoms with Crippen LogP contribution < -0.4 is 5.84 Å². The van der Waals surface area contributed by atoms with Crippen LogP contribution in [0, 0.1) is 0 Å². The molecule has 0 aliphatic carbocycles. The zero-order valence-electron chi connectivity index (χ0n) is 14.6. The Morgan fingerprint density at radius 3 is 2.58 bits per heavy atom. The lowest BCUT2D eigenvalue weighted by Gasteiger charge is -2.33. The molecule has 6 heteroatoms. The van der Waals surface area contributed by atoms with Gasteiger partial charge in [-0.25, -0.2) is 5.01 Å². The summed E-state index contributed by atoms with van der Waals surface area (Å²) in [5.74, 6) is 6.14. The van der Waals surface area contributed by atoms with Gasteiger partial charge in [-0.3, -0.25) is 15.6 Å². The van der Waals surface area contributed by atoms with Gasteiger partial charge in [0.05, 0.1) is 0 Å². The predicted molar refractivity (Wildman–Crippen MR) is 93.8 cm³/mol. The highest BCUT2D eigenvalue weighted by Gasteiger charge is 2.36. The highest BCUT2D eigenvalue weighted by atomic mass is 16.3. The van der Waals surface area contributed by atoms with E-state index in [0.29, 0.717) is 12.1 Å². The van der Waals surface area contributed by atoms with Crippen molar-refractivity contribution in [3.63, 3.8) is 0 Å². The summed E-state index contributed by atoms with van der Waals surface area (Å²) in [5, 5.41) is 12.3. The maximum Gasteiger partial charge on any atom is 0.244 e. The number of unbranched alkanes of at least 4 members (excludes halogenated alkanes) is 3. The Morgan fingerprint density at radius 2 is 1.96 bits per heavy atom. The lowest BCUT2D eigenvalue weighted by molar-refractivity contribution is -0.141. The molecular weight excluding hydrogens is 304 g/mol. The minimum absolute atomic E-state index is 0.0743.